The van der Waals surface area contributed by atoms with E-state index in [1.165, 1.54) is 0 Å². The second kappa shape index (κ2) is 11.0. The summed E-state index contributed by atoms with van der Waals surface area (Å²) in [4.78, 5) is 0. The molecule has 0 spiro atoms. The van der Waals surface area contributed by atoms with E-state index in [2.05, 4.69) is 26.2 Å². The first-order valence-corrected chi connectivity index (χ1v) is 13.8. The van der Waals surface area contributed by atoms with Gasteiger partial charge in [-0.15, -0.1) is 0 Å². The number of aryl methyl sites for hydroxylation is 1. The minimum Gasteiger partial charge on any atom is -0.497 e. The first-order valence-electron chi connectivity index (χ1n) is 10.1. The van der Waals surface area contributed by atoms with Gasteiger partial charge in [0.2, 0.25) is 0 Å². The Hall–Kier alpha value is -2.30. The molecule has 1 atom stereocenters. The maximum Gasteiger partial charge on any atom is 0.119 e. The molecule has 3 nitrogen and oxygen atoms in total. The Morgan fingerprint density at radius 1 is 1.14 bits per heavy atom. The fourth-order valence-electron chi connectivity index (χ4n) is 3.28. The van der Waals surface area contributed by atoms with Gasteiger partial charge in [-0.1, -0.05) is 62.6 Å². The molecular formula is C25H34O3Si. The van der Waals surface area contributed by atoms with E-state index in [1.807, 2.05) is 54.6 Å². The molecule has 29 heavy (non-hydrogen) atoms. The molecule has 0 saturated heterocycles. The van der Waals surface area contributed by atoms with Crippen LogP contribution < -0.4 is 4.74 Å². The third-order valence-electron chi connectivity index (χ3n) is 4.65. The highest BCUT2D eigenvalue weighted by Crippen LogP contribution is 2.32. The maximum atomic E-state index is 10.9. The highest BCUT2D eigenvalue weighted by molar-refractivity contribution is 6.76. The average molecular weight is 411 g/mol. The van der Waals surface area contributed by atoms with Crippen LogP contribution in [0.15, 0.2) is 73.0 Å². The minimum absolute atomic E-state index is 0.566. The summed E-state index contributed by atoms with van der Waals surface area (Å²) in [5.41, 5.74) is 4.06. The van der Waals surface area contributed by atoms with Crippen LogP contribution >= 0.6 is 0 Å². The Labute approximate surface area is 176 Å². The van der Waals surface area contributed by atoms with E-state index in [-0.39, 0.29) is 0 Å². The molecule has 2 rings (SSSR count). The van der Waals surface area contributed by atoms with Gasteiger partial charge in [0, 0.05) is 8.07 Å². The first kappa shape index (κ1) is 23.0. The van der Waals surface area contributed by atoms with E-state index >= 15 is 0 Å². The monoisotopic (exact) mass is 410 g/mol. The Bertz CT molecular complexity index is 807. The van der Waals surface area contributed by atoms with E-state index in [1.54, 1.807) is 13.4 Å². The smallest absolute Gasteiger partial charge is 0.119 e. The van der Waals surface area contributed by atoms with Crippen molar-refractivity contribution in [1.29, 1.82) is 0 Å². The predicted octanol–water partition coefficient (Wildman–Crippen LogP) is 6.29. The zero-order valence-electron chi connectivity index (χ0n) is 18.2. The molecule has 0 aliphatic carbocycles. The summed E-state index contributed by atoms with van der Waals surface area (Å²) in [5, 5.41) is 10.9. The van der Waals surface area contributed by atoms with Gasteiger partial charge in [0.05, 0.1) is 19.5 Å². The van der Waals surface area contributed by atoms with Crippen LogP contribution in [0.5, 0.6) is 5.75 Å². The van der Waals surface area contributed by atoms with E-state index in [4.69, 9.17) is 9.47 Å². The molecule has 156 valence electrons. The summed E-state index contributed by atoms with van der Waals surface area (Å²) in [6, 6.07) is 16.9. The summed E-state index contributed by atoms with van der Waals surface area (Å²) >= 11 is 0. The van der Waals surface area contributed by atoms with Crippen molar-refractivity contribution in [1.82, 2.24) is 0 Å². The van der Waals surface area contributed by atoms with Gasteiger partial charge in [-0.25, -0.2) is 0 Å². The average Bonchev–Trinajstić information content (AvgIpc) is 2.69. The summed E-state index contributed by atoms with van der Waals surface area (Å²) in [6.07, 6.45) is 4.76. The number of ether oxygens (including phenoxy) is 2. The summed E-state index contributed by atoms with van der Waals surface area (Å²) in [5.74, 6) is 0.802. The van der Waals surface area contributed by atoms with E-state index in [0.717, 1.165) is 46.9 Å². The molecule has 0 aliphatic rings. The Balaban J connectivity index is 1.99. The molecule has 1 N–H and O–H groups in total. The number of benzene rings is 2. The standard InChI is InChI=1S/C25H34O3Si/c1-20(19-29(3,4)5)25(26)24-15-14-23(27-2)17-22(24)13-9-10-16-28-18-21-11-7-6-8-12-21/h6-8,10-12,14-17,25-26H,1,9,13,18-19H2,2-5H3/b16-10-. The molecule has 0 fully saturated rings. The normalized spacial score (nSPS) is 12.7. The SMILES string of the molecule is C=C(C[Si](C)(C)C)C(O)c1ccc(OC)cc1CC/C=C\OCc1ccccc1. The lowest BCUT2D eigenvalue weighted by Gasteiger charge is -2.23. The topological polar surface area (TPSA) is 38.7 Å². The number of aliphatic hydroxyl groups excluding tert-OH is 1. The third-order valence-corrected chi connectivity index (χ3v) is 6.17. The van der Waals surface area contributed by atoms with Gasteiger partial charge in [-0.05, 0) is 59.4 Å². The molecule has 4 heteroatoms. The molecule has 0 aliphatic heterocycles. The van der Waals surface area contributed by atoms with Gasteiger partial charge < -0.3 is 14.6 Å². The third kappa shape index (κ3) is 7.92. The molecule has 1 unspecified atom stereocenters. The number of rotatable bonds is 11. The lowest BCUT2D eigenvalue weighted by molar-refractivity contribution is 0.214. The largest absolute Gasteiger partial charge is 0.497 e. The predicted molar refractivity (Wildman–Crippen MR) is 124 cm³/mol. The number of hydrogen-bond donors (Lipinski definition) is 1. The lowest BCUT2D eigenvalue weighted by Crippen LogP contribution is -2.22. The molecule has 2 aromatic rings. The Kier molecular flexibility index (Phi) is 8.74. The molecule has 0 aromatic heterocycles. The Morgan fingerprint density at radius 3 is 2.52 bits per heavy atom. The van der Waals surface area contributed by atoms with E-state index in [0.29, 0.717) is 6.61 Å². The highest BCUT2D eigenvalue weighted by Gasteiger charge is 2.22. The second-order valence-corrected chi connectivity index (χ2v) is 14.0. The van der Waals surface area contributed by atoms with Crippen LogP contribution in [0.25, 0.3) is 0 Å². The maximum absolute atomic E-state index is 10.9. The molecule has 0 amide bonds. The van der Waals surface area contributed by atoms with Crippen molar-refractivity contribution in [3.05, 3.63) is 89.7 Å². The molecule has 2 aromatic carbocycles. The molecular weight excluding hydrogens is 376 g/mol. The molecule has 0 bridgehead atoms. The van der Waals surface area contributed by atoms with Gasteiger partial charge in [-0.2, -0.15) is 0 Å². The van der Waals surface area contributed by atoms with Gasteiger partial charge >= 0.3 is 0 Å². The van der Waals surface area contributed by atoms with Crippen LogP contribution in [0.1, 0.15) is 29.2 Å². The van der Waals surface area contributed by atoms with Crippen molar-refractivity contribution >= 4 is 8.07 Å². The van der Waals surface area contributed by atoms with Crippen LogP contribution in [0.4, 0.5) is 0 Å². The van der Waals surface area contributed by atoms with Gasteiger partial charge in [0.25, 0.3) is 0 Å². The van der Waals surface area contributed by atoms with Gasteiger partial charge in [-0.3, -0.25) is 0 Å². The summed E-state index contributed by atoms with van der Waals surface area (Å²) in [7, 11) is 0.332. The number of methoxy groups -OCH3 is 1. The quantitative estimate of drug-likeness (QED) is 0.269. The van der Waals surface area contributed by atoms with E-state index < -0.39 is 14.2 Å². The van der Waals surface area contributed by atoms with Crippen molar-refractivity contribution < 1.29 is 14.6 Å². The van der Waals surface area contributed by atoms with Crippen LogP contribution in [0.2, 0.25) is 25.7 Å². The van der Waals surface area contributed by atoms with Crippen molar-refractivity contribution in [3.8, 4) is 5.75 Å². The van der Waals surface area contributed by atoms with Crippen LogP contribution in [0.3, 0.4) is 0 Å². The van der Waals surface area contributed by atoms with Crippen molar-refractivity contribution in [2.45, 2.75) is 51.2 Å². The zero-order valence-corrected chi connectivity index (χ0v) is 19.2. The second-order valence-electron chi connectivity index (χ2n) is 8.57. The zero-order chi connectivity index (χ0) is 21.3. The van der Waals surface area contributed by atoms with Crippen LogP contribution in [-0.4, -0.2) is 20.3 Å². The number of hydrogen-bond acceptors (Lipinski definition) is 3. The van der Waals surface area contributed by atoms with E-state index in [9.17, 15) is 5.11 Å². The van der Waals surface area contributed by atoms with Crippen molar-refractivity contribution in [2.75, 3.05) is 7.11 Å². The Morgan fingerprint density at radius 2 is 1.86 bits per heavy atom. The van der Waals surface area contributed by atoms with Crippen molar-refractivity contribution in [3.63, 3.8) is 0 Å². The molecule has 0 radical (unpaired) electrons. The summed E-state index contributed by atoms with van der Waals surface area (Å²) in [6.45, 7) is 11.6. The van der Waals surface area contributed by atoms with Crippen LogP contribution in [0, 0.1) is 0 Å². The number of aliphatic hydroxyl groups is 1. The fraction of sp³-hybridized carbons (Fsp3) is 0.360. The first-order chi connectivity index (χ1) is 13.8. The van der Waals surface area contributed by atoms with Crippen LogP contribution in [-0.2, 0) is 17.8 Å². The van der Waals surface area contributed by atoms with Gasteiger partial charge in [0.15, 0.2) is 0 Å². The van der Waals surface area contributed by atoms with Crippen molar-refractivity contribution in [2.24, 2.45) is 0 Å². The number of allylic oxidation sites excluding steroid dienone is 1. The van der Waals surface area contributed by atoms with Gasteiger partial charge in [0.1, 0.15) is 12.4 Å². The fourth-order valence-corrected chi connectivity index (χ4v) is 4.84. The summed E-state index contributed by atoms with van der Waals surface area (Å²) < 4.78 is 11.0. The highest BCUT2D eigenvalue weighted by atomic mass is 28.3. The minimum atomic E-state index is -1.33. The lowest BCUT2D eigenvalue weighted by atomic mass is 9.95. The molecule has 0 heterocycles. The molecule has 0 saturated carbocycles.